The van der Waals surface area contributed by atoms with E-state index in [4.69, 9.17) is 5.73 Å². The van der Waals surface area contributed by atoms with Crippen LogP contribution in [0, 0.1) is 6.92 Å². The molecule has 0 unspecified atom stereocenters. The molecule has 44 valence electrons. The number of aryl methyl sites for hydroxylation is 1. The van der Waals surface area contributed by atoms with Crippen LogP contribution in [-0.2, 0) is 0 Å². The molecule has 8 heavy (non-hydrogen) atoms. The topological polar surface area (TPSA) is 26.0 Å². The van der Waals surface area contributed by atoms with Gasteiger partial charge in [0.15, 0.2) is 0 Å². The van der Waals surface area contributed by atoms with Crippen molar-refractivity contribution in [2.24, 2.45) is 0 Å². The van der Waals surface area contributed by atoms with Gasteiger partial charge < -0.3 is 5.73 Å². The SMILES string of the molecule is Cc1cc(S)c(N)s1. The predicted octanol–water partition coefficient (Wildman–Crippen LogP) is 1.93. The van der Waals surface area contributed by atoms with Crippen molar-refractivity contribution in [1.29, 1.82) is 0 Å². The predicted molar refractivity (Wildman–Crippen MR) is 40.7 cm³/mol. The highest BCUT2D eigenvalue weighted by molar-refractivity contribution is 7.80. The molecule has 1 aromatic rings. The molecular formula is C5H7NS2. The Hall–Kier alpha value is -0.150. The van der Waals surface area contributed by atoms with E-state index in [1.807, 2.05) is 13.0 Å². The van der Waals surface area contributed by atoms with Gasteiger partial charge in [-0.3, -0.25) is 0 Å². The van der Waals surface area contributed by atoms with Crippen LogP contribution in [-0.4, -0.2) is 0 Å². The lowest BCUT2D eigenvalue weighted by Gasteiger charge is -1.80. The number of thiophene rings is 1. The molecule has 0 spiro atoms. The molecule has 3 heteroatoms. The van der Waals surface area contributed by atoms with E-state index in [0.29, 0.717) is 0 Å². The van der Waals surface area contributed by atoms with Crippen LogP contribution in [0.15, 0.2) is 11.0 Å². The molecule has 0 saturated heterocycles. The van der Waals surface area contributed by atoms with Crippen LogP contribution < -0.4 is 5.73 Å². The largest absolute Gasteiger partial charge is 0.390 e. The average Bonchev–Trinajstić information content (AvgIpc) is 1.85. The monoisotopic (exact) mass is 145 g/mol. The molecule has 0 atom stereocenters. The van der Waals surface area contributed by atoms with Gasteiger partial charge in [-0.2, -0.15) is 0 Å². The molecule has 1 aromatic heterocycles. The first kappa shape index (κ1) is 5.98. The number of nitrogens with two attached hydrogens (primary N) is 1. The minimum absolute atomic E-state index is 0.811. The second-order valence-corrected chi connectivity index (χ2v) is 3.38. The molecule has 1 heterocycles. The lowest BCUT2D eigenvalue weighted by molar-refractivity contribution is 1.52. The van der Waals surface area contributed by atoms with E-state index in [-0.39, 0.29) is 0 Å². The Labute approximate surface area is 57.9 Å². The molecule has 0 amide bonds. The Morgan fingerprint density at radius 2 is 2.38 bits per heavy atom. The summed E-state index contributed by atoms with van der Waals surface area (Å²) in [4.78, 5) is 2.11. The van der Waals surface area contributed by atoms with Crippen molar-refractivity contribution in [3.63, 3.8) is 0 Å². The Balaban J connectivity index is 3.14. The fourth-order valence-corrected chi connectivity index (χ4v) is 1.62. The fourth-order valence-electron chi connectivity index (χ4n) is 0.519. The summed E-state index contributed by atoms with van der Waals surface area (Å²) in [5.41, 5.74) is 5.48. The normalized spacial score (nSPS) is 9.75. The minimum Gasteiger partial charge on any atom is -0.390 e. The van der Waals surface area contributed by atoms with Crippen molar-refractivity contribution in [3.05, 3.63) is 10.9 Å². The van der Waals surface area contributed by atoms with Crippen molar-refractivity contribution < 1.29 is 0 Å². The molecule has 0 aliphatic carbocycles. The molecule has 1 rings (SSSR count). The van der Waals surface area contributed by atoms with Gasteiger partial charge in [-0.25, -0.2) is 0 Å². The first-order valence-electron chi connectivity index (χ1n) is 2.25. The van der Waals surface area contributed by atoms with E-state index in [0.717, 1.165) is 9.90 Å². The van der Waals surface area contributed by atoms with Crippen molar-refractivity contribution in [3.8, 4) is 0 Å². The van der Waals surface area contributed by atoms with Crippen LogP contribution in [0.4, 0.5) is 5.00 Å². The zero-order chi connectivity index (χ0) is 6.15. The van der Waals surface area contributed by atoms with Gasteiger partial charge in [-0.05, 0) is 13.0 Å². The second-order valence-electron chi connectivity index (χ2n) is 1.61. The fraction of sp³-hybridized carbons (Fsp3) is 0.200. The lowest BCUT2D eigenvalue weighted by atomic mass is 10.5. The highest BCUT2D eigenvalue weighted by Crippen LogP contribution is 2.26. The molecule has 2 N–H and O–H groups in total. The number of hydrogen-bond acceptors (Lipinski definition) is 3. The summed E-state index contributed by atoms with van der Waals surface area (Å²) in [7, 11) is 0. The zero-order valence-electron chi connectivity index (χ0n) is 4.51. The van der Waals surface area contributed by atoms with E-state index < -0.39 is 0 Å². The van der Waals surface area contributed by atoms with Crippen molar-refractivity contribution >= 4 is 29.0 Å². The average molecular weight is 145 g/mol. The summed E-state index contributed by atoms with van der Waals surface area (Å²) in [5.74, 6) is 0. The van der Waals surface area contributed by atoms with Gasteiger partial charge in [0.2, 0.25) is 0 Å². The summed E-state index contributed by atoms with van der Waals surface area (Å²) in [6.45, 7) is 2.01. The Bertz CT molecular complexity index is 173. The number of thiol groups is 1. The Morgan fingerprint density at radius 1 is 1.75 bits per heavy atom. The van der Waals surface area contributed by atoms with Crippen molar-refractivity contribution in [2.75, 3.05) is 5.73 Å². The summed E-state index contributed by atoms with van der Waals surface area (Å²) in [6, 6.07) is 1.96. The van der Waals surface area contributed by atoms with E-state index >= 15 is 0 Å². The van der Waals surface area contributed by atoms with E-state index in [1.54, 1.807) is 11.3 Å². The van der Waals surface area contributed by atoms with E-state index in [2.05, 4.69) is 12.6 Å². The van der Waals surface area contributed by atoms with Crippen LogP contribution >= 0.6 is 24.0 Å². The van der Waals surface area contributed by atoms with Crippen LogP contribution in [0.25, 0.3) is 0 Å². The highest BCUT2D eigenvalue weighted by Gasteiger charge is 1.95. The summed E-state index contributed by atoms with van der Waals surface area (Å²) in [5, 5.41) is 0.811. The third kappa shape index (κ3) is 0.980. The number of hydrogen-bond donors (Lipinski definition) is 2. The van der Waals surface area contributed by atoms with Gasteiger partial charge in [-0.1, -0.05) is 0 Å². The van der Waals surface area contributed by atoms with Crippen molar-refractivity contribution in [2.45, 2.75) is 11.8 Å². The molecule has 0 aromatic carbocycles. The molecule has 1 nitrogen and oxygen atoms in total. The maximum atomic E-state index is 5.48. The molecule has 0 aliphatic heterocycles. The minimum atomic E-state index is 0.811. The summed E-state index contributed by atoms with van der Waals surface area (Å²) >= 11 is 5.67. The van der Waals surface area contributed by atoms with Gasteiger partial charge in [0.1, 0.15) is 0 Å². The van der Waals surface area contributed by atoms with Crippen LogP contribution in [0.2, 0.25) is 0 Å². The summed E-state index contributed by atoms with van der Waals surface area (Å²) in [6.07, 6.45) is 0. The Kier molecular flexibility index (Phi) is 1.49. The zero-order valence-corrected chi connectivity index (χ0v) is 6.22. The van der Waals surface area contributed by atoms with Crippen molar-refractivity contribution in [1.82, 2.24) is 0 Å². The molecule has 0 fully saturated rings. The second kappa shape index (κ2) is 1.99. The lowest BCUT2D eigenvalue weighted by Crippen LogP contribution is -1.76. The molecule has 0 radical (unpaired) electrons. The highest BCUT2D eigenvalue weighted by atomic mass is 32.1. The van der Waals surface area contributed by atoms with E-state index in [9.17, 15) is 0 Å². The molecule has 0 bridgehead atoms. The molecule has 0 saturated carbocycles. The Morgan fingerprint density at radius 3 is 2.50 bits per heavy atom. The van der Waals surface area contributed by atoms with Gasteiger partial charge >= 0.3 is 0 Å². The molecule has 0 aliphatic rings. The first-order valence-corrected chi connectivity index (χ1v) is 3.51. The quantitative estimate of drug-likeness (QED) is 0.536. The molecular weight excluding hydrogens is 138 g/mol. The maximum Gasteiger partial charge on any atom is 0.0994 e. The van der Waals surface area contributed by atoms with Crippen LogP contribution in [0.1, 0.15) is 4.88 Å². The summed E-state index contributed by atoms with van der Waals surface area (Å²) < 4.78 is 0. The van der Waals surface area contributed by atoms with Gasteiger partial charge in [-0.15, -0.1) is 24.0 Å². The van der Waals surface area contributed by atoms with Gasteiger partial charge in [0, 0.05) is 9.77 Å². The van der Waals surface area contributed by atoms with Gasteiger partial charge in [0.25, 0.3) is 0 Å². The maximum absolute atomic E-state index is 5.48. The van der Waals surface area contributed by atoms with Gasteiger partial charge in [0.05, 0.1) is 5.00 Å². The number of rotatable bonds is 0. The first-order chi connectivity index (χ1) is 3.70. The third-order valence-electron chi connectivity index (χ3n) is 0.863. The number of nitrogen functional groups attached to an aromatic ring is 1. The van der Waals surface area contributed by atoms with E-state index in [1.165, 1.54) is 4.88 Å². The van der Waals surface area contributed by atoms with Crippen LogP contribution in [0.5, 0.6) is 0 Å². The smallest absolute Gasteiger partial charge is 0.0994 e. The standard InChI is InChI=1S/C5H7NS2/c1-3-2-4(7)5(6)8-3/h2,7H,6H2,1H3. The third-order valence-corrected chi connectivity index (χ3v) is 2.26. The number of anilines is 1. The van der Waals surface area contributed by atoms with Crippen LogP contribution in [0.3, 0.4) is 0 Å².